The van der Waals surface area contributed by atoms with Gasteiger partial charge in [-0.15, -0.1) is 17.8 Å². The summed E-state index contributed by atoms with van der Waals surface area (Å²) in [5, 5.41) is 6.36. The molecule has 3 fully saturated rings. The molecule has 2 aliphatic heterocycles. The van der Waals surface area contributed by atoms with Crippen molar-refractivity contribution in [2.45, 2.75) is 94.1 Å². The fraction of sp³-hybridized carbons (Fsp3) is 0.513. The number of benzene rings is 1. The fourth-order valence-corrected chi connectivity index (χ4v) is 9.75. The van der Waals surface area contributed by atoms with Gasteiger partial charge in [0.05, 0.1) is 24.9 Å². The van der Waals surface area contributed by atoms with Gasteiger partial charge in [0.25, 0.3) is 15.9 Å². The molecule has 4 heterocycles. The third-order valence-electron chi connectivity index (χ3n) is 11.1. The van der Waals surface area contributed by atoms with Crippen LogP contribution in [-0.4, -0.2) is 95.7 Å². The smallest absolute Gasteiger partial charge is 0.319 e. The maximum absolute atomic E-state index is 14.3. The first-order valence-electron chi connectivity index (χ1n) is 18.4. The number of terminal acetylenes is 1. The summed E-state index contributed by atoms with van der Waals surface area (Å²) in [6, 6.07) is 4.04. The Balaban J connectivity index is 1.21. The first kappa shape index (κ1) is 37.6. The van der Waals surface area contributed by atoms with Gasteiger partial charge in [-0.2, -0.15) is 0 Å². The molecule has 0 unspecified atom stereocenters. The van der Waals surface area contributed by atoms with E-state index >= 15 is 0 Å². The van der Waals surface area contributed by atoms with Crippen LogP contribution in [0.1, 0.15) is 76.0 Å². The van der Waals surface area contributed by atoms with Crippen molar-refractivity contribution >= 4 is 50.1 Å². The monoisotopic (exact) mass is 774 g/mol. The second-order valence-corrected chi connectivity index (χ2v) is 18.0. The van der Waals surface area contributed by atoms with Crippen molar-refractivity contribution in [1.82, 2.24) is 29.8 Å². The van der Waals surface area contributed by atoms with Crippen molar-refractivity contribution in [1.29, 1.82) is 0 Å². The molecular formula is C39H46N6O7S2. The molecule has 1 saturated heterocycles. The van der Waals surface area contributed by atoms with Crippen LogP contribution in [-0.2, 0) is 19.6 Å². The summed E-state index contributed by atoms with van der Waals surface area (Å²) >= 11 is 1.50. The lowest BCUT2D eigenvalue weighted by Crippen LogP contribution is -2.58. The maximum Gasteiger partial charge on any atom is 0.319 e. The molecule has 0 bridgehead atoms. The van der Waals surface area contributed by atoms with Crippen LogP contribution >= 0.6 is 11.3 Å². The lowest BCUT2D eigenvalue weighted by Gasteiger charge is -2.30. The molecule has 2 saturated carbocycles. The van der Waals surface area contributed by atoms with Crippen LogP contribution in [0.2, 0.25) is 0 Å². The van der Waals surface area contributed by atoms with Crippen molar-refractivity contribution in [2.24, 2.45) is 5.92 Å². The molecule has 2 aliphatic carbocycles. The van der Waals surface area contributed by atoms with Crippen LogP contribution in [0.3, 0.4) is 0 Å². The summed E-state index contributed by atoms with van der Waals surface area (Å²) in [5.41, 5.74) is 1.58. The number of allylic oxidation sites excluding steroid dienone is 1. The Bertz CT molecular complexity index is 2190. The molecule has 4 amide bonds. The highest BCUT2D eigenvalue weighted by Gasteiger charge is 2.63. The molecule has 0 spiro atoms. The van der Waals surface area contributed by atoms with Crippen LogP contribution in [0.5, 0.6) is 11.5 Å². The Labute approximate surface area is 319 Å². The van der Waals surface area contributed by atoms with E-state index in [2.05, 4.69) is 29.8 Å². The SMILES string of the molecule is C#CC1(S(=O)(=O)NC(=O)[C@@]23C[C@H]2/C=C\CCCCN(C)C(=O)[C@@H]2C[C@H](Oc4cc(-c5nc(C(C)C)cs5)nc5c(C)c(OC)ccc45)CN2C(=O)N3)CC1. The van der Waals surface area contributed by atoms with E-state index in [1.807, 2.05) is 42.7 Å². The molecule has 15 heteroatoms. The van der Waals surface area contributed by atoms with Gasteiger partial charge in [-0.3, -0.25) is 9.59 Å². The van der Waals surface area contributed by atoms with E-state index in [0.717, 1.165) is 34.5 Å². The highest BCUT2D eigenvalue weighted by molar-refractivity contribution is 7.92. The summed E-state index contributed by atoms with van der Waals surface area (Å²) in [6.45, 7) is 6.65. The van der Waals surface area contributed by atoms with Gasteiger partial charge < -0.3 is 24.6 Å². The number of thiazole rings is 1. The minimum atomic E-state index is -4.19. The molecule has 3 aromatic rings. The molecule has 0 radical (unpaired) electrons. The summed E-state index contributed by atoms with van der Waals surface area (Å²) in [6.07, 6.45) is 11.9. The highest BCUT2D eigenvalue weighted by Crippen LogP contribution is 2.48. The number of aromatic nitrogens is 2. The number of amides is 4. The van der Waals surface area contributed by atoms with Gasteiger partial charge >= 0.3 is 6.03 Å². The number of carbonyl (C=O) groups excluding carboxylic acids is 3. The van der Waals surface area contributed by atoms with Crippen molar-refractivity contribution in [3.63, 3.8) is 0 Å². The van der Waals surface area contributed by atoms with Crippen molar-refractivity contribution in [3.05, 3.63) is 47.0 Å². The molecular weight excluding hydrogens is 729 g/mol. The van der Waals surface area contributed by atoms with Gasteiger partial charge in [-0.05, 0) is 63.5 Å². The zero-order valence-electron chi connectivity index (χ0n) is 31.2. The largest absolute Gasteiger partial charge is 0.496 e. The van der Waals surface area contributed by atoms with Gasteiger partial charge in [0.15, 0.2) is 4.75 Å². The number of pyridine rings is 1. The molecule has 13 nitrogen and oxygen atoms in total. The third kappa shape index (κ3) is 6.79. The van der Waals surface area contributed by atoms with Gasteiger partial charge in [-0.25, -0.2) is 27.9 Å². The first-order valence-corrected chi connectivity index (χ1v) is 20.7. The van der Waals surface area contributed by atoms with E-state index in [1.54, 1.807) is 19.1 Å². The third-order valence-corrected chi connectivity index (χ3v) is 14.0. The van der Waals surface area contributed by atoms with E-state index in [4.69, 9.17) is 25.9 Å². The topological polar surface area (TPSA) is 160 Å². The molecule has 286 valence electrons. The second kappa shape index (κ2) is 14.2. The summed E-state index contributed by atoms with van der Waals surface area (Å²) < 4.78 is 39.5. The Kier molecular flexibility index (Phi) is 9.89. The van der Waals surface area contributed by atoms with Gasteiger partial charge in [-0.1, -0.05) is 31.9 Å². The Morgan fingerprint density at radius 3 is 2.65 bits per heavy atom. The van der Waals surface area contributed by atoms with E-state index in [0.29, 0.717) is 35.7 Å². The molecule has 1 aromatic carbocycles. The molecule has 4 atom stereocenters. The van der Waals surface area contributed by atoms with Gasteiger partial charge in [0.1, 0.15) is 39.9 Å². The van der Waals surface area contributed by atoms with E-state index in [9.17, 15) is 22.8 Å². The number of hydrogen-bond donors (Lipinski definition) is 2. The lowest BCUT2D eigenvalue weighted by atomic mass is 10.1. The highest BCUT2D eigenvalue weighted by atomic mass is 32.2. The number of carbonyl (C=O) groups is 3. The number of methoxy groups -OCH3 is 1. The molecule has 7 rings (SSSR count). The van der Waals surface area contributed by atoms with Crippen molar-refractivity contribution in [2.75, 3.05) is 27.2 Å². The number of likely N-dealkylation sites (N-methyl/N-ethyl adjacent to an activating group) is 1. The number of fused-ring (bicyclic) bond motifs is 3. The first-order chi connectivity index (χ1) is 25.7. The Morgan fingerprint density at radius 1 is 1.19 bits per heavy atom. The van der Waals surface area contributed by atoms with E-state index in [1.165, 1.54) is 16.2 Å². The standard InChI is InChI=1S/C39H46N6O7S2/c1-7-38(15-16-38)54(49,50)43-36(47)39-20-25(39)12-10-8-9-11-17-44(5)35(46)30-18-26(21-45(30)37(48)42-39)52-32-19-28(34-41-29(22-53-34)23(2)3)40-33-24(4)31(51-6)14-13-27(32)33/h1,10,12-14,19,22-23,25-26,30H,8-9,11,15-18,20-21H2,2-6H3,(H,42,48)(H,43,47)/b12-10-/t25-,26+,30+,39-/m1/s1. The van der Waals surface area contributed by atoms with Crippen LogP contribution in [0.4, 0.5) is 4.79 Å². The molecule has 4 aliphatic rings. The predicted octanol–water partition coefficient (Wildman–Crippen LogP) is 4.90. The number of aryl methyl sites for hydroxylation is 1. The Hall–Kier alpha value is -4.68. The number of ether oxygens (including phenoxy) is 2. The quantitative estimate of drug-likeness (QED) is 0.240. The van der Waals surface area contributed by atoms with Crippen LogP contribution in [0, 0.1) is 25.2 Å². The van der Waals surface area contributed by atoms with Crippen LogP contribution in [0.15, 0.2) is 35.7 Å². The Morgan fingerprint density at radius 2 is 1.96 bits per heavy atom. The average Bonchev–Trinajstić information content (AvgIpc) is 3.97. The normalized spacial score (nSPS) is 25.9. The second-order valence-electron chi connectivity index (χ2n) is 15.1. The number of nitrogens with zero attached hydrogens (tertiary/aromatic N) is 4. The predicted molar refractivity (Wildman–Crippen MR) is 206 cm³/mol. The number of sulfonamides is 1. The number of hydrogen-bond acceptors (Lipinski definition) is 10. The molecule has 2 N–H and O–H groups in total. The average molecular weight is 775 g/mol. The molecule has 54 heavy (non-hydrogen) atoms. The van der Waals surface area contributed by atoms with Crippen molar-refractivity contribution < 1.29 is 32.3 Å². The van der Waals surface area contributed by atoms with Crippen LogP contribution < -0.4 is 19.5 Å². The summed E-state index contributed by atoms with van der Waals surface area (Å²) in [4.78, 5) is 55.0. The van der Waals surface area contributed by atoms with E-state index < -0.39 is 50.3 Å². The fourth-order valence-electron chi connectivity index (χ4n) is 7.39. The number of urea groups is 1. The molecule has 2 aromatic heterocycles. The minimum Gasteiger partial charge on any atom is -0.496 e. The summed E-state index contributed by atoms with van der Waals surface area (Å²) in [5.74, 6) is 2.25. The van der Waals surface area contributed by atoms with Crippen LogP contribution in [0.25, 0.3) is 21.6 Å². The zero-order chi connectivity index (χ0) is 38.6. The van der Waals surface area contributed by atoms with Gasteiger partial charge in [0.2, 0.25) is 5.91 Å². The minimum absolute atomic E-state index is 0.0375. The van der Waals surface area contributed by atoms with E-state index in [-0.39, 0.29) is 44.1 Å². The maximum atomic E-state index is 14.3. The van der Waals surface area contributed by atoms with Crippen molar-refractivity contribution in [3.8, 4) is 34.5 Å². The number of nitrogens with one attached hydrogen (secondary N) is 2. The summed E-state index contributed by atoms with van der Waals surface area (Å²) in [7, 11) is -0.857. The van der Waals surface area contributed by atoms with Gasteiger partial charge in [0, 0.05) is 48.3 Å². The number of rotatable bonds is 8. The lowest BCUT2D eigenvalue weighted by molar-refractivity contribution is -0.134. The zero-order valence-corrected chi connectivity index (χ0v) is 32.8.